The minimum absolute atomic E-state index is 0.0626. The zero-order valence-electron chi connectivity index (χ0n) is 18.9. The van der Waals surface area contributed by atoms with Crippen molar-refractivity contribution in [2.75, 3.05) is 28.3 Å². The van der Waals surface area contributed by atoms with E-state index in [9.17, 15) is 18.0 Å². The van der Waals surface area contributed by atoms with Gasteiger partial charge in [-0.25, -0.2) is 8.42 Å². The third kappa shape index (κ3) is 4.52. The summed E-state index contributed by atoms with van der Waals surface area (Å²) in [5.41, 5.74) is 2.32. The van der Waals surface area contributed by atoms with Crippen LogP contribution >= 0.6 is 0 Å². The molecule has 9 nitrogen and oxygen atoms in total. The quantitative estimate of drug-likeness (QED) is 0.559. The van der Waals surface area contributed by atoms with Crippen molar-refractivity contribution in [2.24, 2.45) is 0 Å². The molecule has 0 bridgehead atoms. The maximum Gasteiger partial charge on any atom is 0.261 e. The van der Waals surface area contributed by atoms with Gasteiger partial charge in [-0.1, -0.05) is 12.1 Å². The topological polar surface area (TPSA) is 114 Å². The lowest BCUT2D eigenvalue weighted by molar-refractivity contribution is -0.116. The van der Waals surface area contributed by atoms with Gasteiger partial charge in [0.2, 0.25) is 12.7 Å². The van der Waals surface area contributed by atoms with Crippen LogP contribution in [0.2, 0.25) is 0 Å². The lowest BCUT2D eigenvalue weighted by Gasteiger charge is -2.28. The maximum absolute atomic E-state index is 13.2. The molecule has 0 unspecified atom stereocenters. The molecule has 0 atom stereocenters. The Labute approximate surface area is 202 Å². The van der Waals surface area contributed by atoms with Gasteiger partial charge in [-0.2, -0.15) is 0 Å². The van der Waals surface area contributed by atoms with E-state index >= 15 is 0 Å². The molecular weight excluding hydrogens is 470 g/mol. The van der Waals surface area contributed by atoms with Crippen LogP contribution < -0.4 is 24.4 Å². The second-order valence-corrected chi connectivity index (χ2v) is 9.92. The van der Waals surface area contributed by atoms with Crippen LogP contribution in [0.1, 0.15) is 29.3 Å². The molecule has 2 N–H and O–H groups in total. The van der Waals surface area contributed by atoms with Crippen LogP contribution in [0.25, 0.3) is 0 Å². The first-order valence-corrected chi connectivity index (χ1v) is 12.5. The Balaban J connectivity index is 1.39. The number of ether oxygens (including phenoxy) is 2. The number of sulfonamides is 1. The number of fused-ring (bicyclic) bond motifs is 2. The highest BCUT2D eigenvalue weighted by molar-refractivity contribution is 7.92. The Morgan fingerprint density at radius 2 is 1.77 bits per heavy atom. The molecule has 0 radical (unpaired) electrons. The molecule has 0 spiro atoms. The second-order valence-electron chi connectivity index (χ2n) is 8.24. The molecule has 3 aromatic rings. The summed E-state index contributed by atoms with van der Waals surface area (Å²) in [6.07, 6.45) is 1.43. The van der Waals surface area contributed by atoms with Crippen LogP contribution in [-0.2, 0) is 21.2 Å². The Morgan fingerprint density at radius 1 is 0.971 bits per heavy atom. The number of nitrogens with zero attached hydrogens (tertiary/aromatic N) is 1. The lowest BCUT2D eigenvalue weighted by atomic mass is 10.0. The fourth-order valence-corrected chi connectivity index (χ4v) is 5.34. The van der Waals surface area contributed by atoms with Crippen molar-refractivity contribution in [1.29, 1.82) is 0 Å². The van der Waals surface area contributed by atoms with Gasteiger partial charge in [-0.15, -0.1) is 0 Å². The standard InChI is InChI=1S/C25H23N3O6S/c1-16(29)28-12-4-5-17-13-19(9-10-22(17)28)35(31,32)27-21-7-3-2-6-20(21)25(30)26-18-8-11-23-24(14-18)34-15-33-23/h2-3,6-11,13-14,27H,4-5,12,15H2,1H3,(H,26,30). The summed E-state index contributed by atoms with van der Waals surface area (Å²) in [6.45, 7) is 2.22. The number of nitrogens with one attached hydrogen (secondary N) is 2. The van der Waals surface area contributed by atoms with Crippen molar-refractivity contribution < 1.29 is 27.5 Å². The highest BCUT2D eigenvalue weighted by Gasteiger charge is 2.24. The molecule has 0 aliphatic carbocycles. The largest absolute Gasteiger partial charge is 0.454 e. The molecule has 180 valence electrons. The smallest absolute Gasteiger partial charge is 0.261 e. The highest BCUT2D eigenvalue weighted by Crippen LogP contribution is 2.35. The average molecular weight is 494 g/mol. The Kier molecular flexibility index (Phi) is 5.81. The van der Waals surface area contributed by atoms with Crippen molar-refractivity contribution >= 4 is 38.9 Å². The molecule has 0 saturated heterocycles. The van der Waals surface area contributed by atoms with Gasteiger partial charge < -0.3 is 19.7 Å². The molecule has 0 saturated carbocycles. The van der Waals surface area contributed by atoms with E-state index in [1.807, 2.05) is 0 Å². The van der Waals surface area contributed by atoms with E-state index in [4.69, 9.17) is 9.47 Å². The summed E-state index contributed by atoms with van der Waals surface area (Å²) >= 11 is 0. The Morgan fingerprint density at radius 3 is 2.60 bits per heavy atom. The Bertz CT molecular complexity index is 1440. The van der Waals surface area contributed by atoms with Crippen molar-refractivity contribution in [3.05, 3.63) is 71.8 Å². The first-order valence-electron chi connectivity index (χ1n) is 11.1. The summed E-state index contributed by atoms with van der Waals surface area (Å²) in [5.74, 6) is 0.548. The van der Waals surface area contributed by atoms with E-state index in [2.05, 4.69) is 10.0 Å². The Hall–Kier alpha value is -4.05. The fraction of sp³-hybridized carbons (Fsp3) is 0.200. The molecule has 2 heterocycles. The van der Waals surface area contributed by atoms with Gasteiger partial charge in [0.25, 0.3) is 15.9 Å². The van der Waals surface area contributed by atoms with Crippen LogP contribution in [0.5, 0.6) is 11.5 Å². The molecule has 5 rings (SSSR count). The molecular formula is C25H23N3O6S. The molecule has 3 aromatic carbocycles. The fourth-order valence-electron chi connectivity index (χ4n) is 4.21. The number of rotatable bonds is 5. The van der Waals surface area contributed by atoms with Gasteiger partial charge in [-0.3, -0.25) is 14.3 Å². The number of benzene rings is 3. The number of carbonyl (C=O) groups is 2. The van der Waals surface area contributed by atoms with Gasteiger partial charge in [0.05, 0.1) is 16.1 Å². The average Bonchev–Trinajstić information content (AvgIpc) is 3.31. The summed E-state index contributed by atoms with van der Waals surface area (Å²) in [7, 11) is -3.99. The van der Waals surface area contributed by atoms with Crippen LogP contribution in [-0.4, -0.2) is 33.6 Å². The van der Waals surface area contributed by atoms with Gasteiger partial charge in [0, 0.05) is 30.9 Å². The van der Waals surface area contributed by atoms with Crippen LogP contribution in [0.3, 0.4) is 0 Å². The predicted molar refractivity (Wildman–Crippen MR) is 131 cm³/mol. The molecule has 2 aliphatic rings. The maximum atomic E-state index is 13.2. The van der Waals surface area contributed by atoms with Crippen molar-refractivity contribution in [1.82, 2.24) is 0 Å². The molecule has 0 aromatic heterocycles. The summed E-state index contributed by atoms with van der Waals surface area (Å²) < 4.78 is 39.6. The second kappa shape index (κ2) is 8.95. The highest BCUT2D eigenvalue weighted by atomic mass is 32.2. The van der Waals surface area contributed by atoms with E-state index in [-0.39, 0.29) is 28.8 Å². The van der Waals surface area contributed by atoms with E-state index in [1.165, 1.54) is 25.1 Å². The molecule has 0 fully saturated rings. The van der Waals surface area contributed by atoms with Gasteiger partial charge >= 0.3 is 0 Å². The number of para-hydroxylation sites is 1. The zero-order chi connectivity index (χ0) is 24.6. The summed E-state index contributed by atoms with van der Waals surface area (Å²) in [4.78, 5) is 26.6. The first-order chi connectivity index (χ1) is 16.8. The minimum Gasteiger partial charge on any atom is -0.454 e. The number of aryl methyl sites for hydroxylation is 1. The number of anilines is 3. The molecule has 2 amide bonds. The number of hydrogen-bond acceptors (Lipinski definition) is 6. The van der Waals surface area contributed by atoms with Crippen molar-refractivity contribution in [3.8, 4) is 11.5 Å². The van der Waals surface area contributed by atoms with E-state index in [0.717, 1.165) is 17.7 Å². The van der Waals surface area contributed by atoms with Crippen LogP contribution in [0.15, 0.2) is 65.6 Å². The van der Waals surface area contributed by atoms with E-state index in [0.29, 0.717) is 30.2 Å². The zero-order valence-corrected chi connectivity index (χ0v) is 19.7. The first kappa shape index (κ1) is 22.7. The number of amides is 2. The van der Waals surface area contributed by atoms with Crippen LogP contribution in [0, 0.1) is 0 Å². The molecule has 10 heteroatoms. The van der Waals surface area contributed by atoms with E-state index in [1.54, 1.807) is 47.4 Å². The van der Waals surface area contributed by atoms with Crippen LogP contribution in [0.4, 0.5) is 17.1 Å². The summed E-state index contributed by atoms with van der Waals surface area (Å²) in [6, 6.07) is 16.1. The van der Waals surface area contributed by atoms with E-state index < -0.39 is 15.9 Å². The molecule has 2 aliphatic heterocycles. The third-order valence-corrected chi connectivity index (χ3v) is 7.27. The van der Waals surface area contributed by atoms with Crippen molar-refractivity contribution in [2.45, 2.75) is 24.7 Å². The normalized spacial score (nSPS) is 14.3. The SMILES string of the molecule is CC(=O)N1CCCc2cc(S(=O)(=O)Nc3ccccc3C(=O)Nc3ccc4c(c3)OCO4)ccc21. The van der Waals surface area contributed by atoms with Gasteiger partial charge in [-0.05, 0) is 60.9 Å². The predicted octanol–water partition coefficient (Wildman–Crippen LogP) is 3.77. The van der Waals surface area contributed by atoms with Crippen molar-refractivity contribution in [3.63, 3.8) is 0 Å². The van der Waals surface area contributed by atoms with Gasteiger partial charge in [0.1, 0.15) is 0 Å². The lowest BCUT2D eigenvalue weighted by Crippen LogP contribution is -2.33. The molecule has 35 heavy (non-hydrogen) atoms. The van der Waals surface area contributed by atoms with Gasteiger partial charge in [0.15, 0.2) is 11.5 Å². The number of hydrogen-bond donors (Lipinski definition) is 2. The summed E-state index contributed by atoms with van der Waals surface area (Å²) in [5, 5.41) is 2.76. The minimum atomic E-state index is -3.99. The number of carbonyl (C=O) groups excluding carboxylic acids is 2. The monoisotopic (exact) mass is 493 g/mol. The third-order valence-electron chi connectivity index (χ3n) is 5.91.